The molecule has 1 heteroatoms. The fraction of sp³-hybridized carbons (Fsp3) is 0. The van der Waals surface area contributed by atoms with Gasteiger partial charge in [0.15, 0.2) is 0 Å². The van der Waals surface area contributed by atoms with Gasteiger partial charge in [-0.2, -0.15) is 0 Å². The van der Waals surface area contributed by atoms with Crippen molar-refractivity contribution < 1.29 is 0 Å². The minimum Gasteiger partial charge on any atom is -0.0622 e. The molecule has 0 fully saturated rings. The van der Waals surface area contributed by atoms with E-state index < -0.39 is 0 Å². The molecule has 2 aromatic carbocycles. The standard InChI is InChI=1S/C6H4Br.C6H5/c7-6-4-2-1-3-5-6;1-2-4-6-5-3-1/h1-2,4-5H;1-5H. The molecule has 0 unspecified atom stereocenters. The highest BCUT2D eigenvalue weighted by molar-refractivity contribution is 9.10. The maximum absolute atomic E-state index is 3.28. The van der Waals surface area contributed by atoms with E-state index in [1.165, 1.54) is 0 Å². The summed E-state index contributed by atoms with van der Waals surface area (Å²) in [6.45, 7) is 0. The van der Waals surface area contributed by atoms with Crippen LogP contribution in [0.3, 0.4) is 0 Å². The van der Waals surface area contributed by atoms with Crippen LogP contribution in [0, 0.1) is 12.1 Å². The minimum atomic E-state index is 1.08. The molecule has 2 aromatic rings. The van der Waals surface area contributed by atoms with Gasteiger partial charge in [-0.3, -0.25) is 0 Å². The molecule has 0 aliphatic heterocycles. The van der Waals surface area contributed by atoms with Crippen molar-refractivity contribution in [2.24, 2.45) is 0 Å². The summed E-state index contributed by atoms with van der Waals surface area (Å²) in [4.78, 5) is 0. The van der Waals surface area contributed by atoms with Crippen LogP contribution in [0.1, 0.15) is 0 Å². The lowest BCUT2D eigenvalue weighted by atomic mass is 10.4. The molecule has 0 heterocycles. The Kier molecular flexibility index (Phi) is 4.95. The Bertz CT molecular complexity index is 276. The molecule has 0 atom stereocenters. The zero-order valence-corrected chi connectivity index (χ0v) is 8.66. The maximum atomic E-state index is 3.28. The van der Waals surface area contributed by atoms with Gasteiger partial charge in [-0.15, -0.1) is 0 Å². The van der Waals surface area contributed by atoms with E-state index in [2.05, 4.69) is 28.1 Å². The van der Waals surface area contributed by atoms with E-state index >= 15 is 0 Å². The highest BCUT2D eigenvalue weighted by atomic mass is 79.9. The van der Waals surface area contributed by atoms with Crippen LogP contribution in [0.5, 0.6) is 0 Å². The summed E-state index contributed by atoms with van der Waals surface area (Å²) in [5.74, 6) is 0. The topological polar surface area (TPSA) is 0 Å². The van der Waals surface area contributed by atoms with Gasteiger partial charge in [0.2, 0.25) is 0 Å². The molecule has 0 aromatic heterocycles. The first-order valence-electron chi connectivity index (χ1n) is 3.92. The molecule has 0 aliphatic carbocycles. The highest BCUT2D eigenvalue weighted by Gasteiger charge is 1.75. The van der Waals surface area contributed by atoms with Gasteiger partial charge in [0.1, 0.15) is 0 Å². The summed E-state index contributed by atoms with van der Waals surface area (Å²) in [7, 11) is 0. The Labute approximate surface area is 87.4 Å². The number of benzene rings is 2. The molecule has 2 rings (SSSR count). The van der Waals surface area contributed by atoms with Crippen molar-refractivity contribution in [2.75, 3.05) is 0 Å². The molecule has 0 spiro atoms. The molecule has 0 N–H and O–H groups in total. The predicted octanol–water partition coefficient (Wildman–Crippen LogP) is 3.74. The molecule has 0 nitrogen and oxygen atoms in total. The summed E-state index contributed by atoms with van der Waals surface area (Å²) in [6, 6.07) is 23.1. The number of rotatable bonds is 0. The van der Waals surface area contributed by atoms with E-state index in [-0.39, 0.29) is 0 Å². The zero-order chi connectivity index (χ0) is 9.36. The van der Waals surface area contributed by atoms with Crippen LogP contribution in [-0.4, -0.2) is 0 Å². The second-order valence-corrected chi connectivity index (χ2v) is 3.21. The zero-order valence-electron chi connectivity index (χ0n) is 7.07. The summed E-state index contributed by atoms with van der Waals surface area (Å²) in [5.41, 5.74) is 0. The Morgan fingerprint density at radius 1 is 0.846 bits per heavy atom. The molecule has 64 valence electrons. The van der Waals surface area contributed by atoms with Crippen molar-refractivity contribution in [3.63, 3.8) is 0 Å². The summed E-state index contributed by atoms with van der Waals surface area (Å²) < 4.78 is 1.08. The van der Waals surface area contributed by atoms with Gasteiger partial charge in [-0.05, 0) is 24.3 Å². The lowest BCUT2D eigenvalue weighted by Gasteiger charge is -1.79. The first kappa shape index (κ1) is 10.0. The average molecular weight is 233 g/mol. The van der Waals surface area contributed by atoms with Gasteiger partial charge in [0, 0.05) is 4.47 Å². The predicted molar refractivity (Wildman–Crippen MR) is 58.3 cm³/mol. The van der Waals surface area contributed by atoms with E-state index in [1.54, 1.807) is 0 Å². The van der Waals surface area contributed by atoms with Crippen LogP contribution in [-0.2, 0) is 0 Å². The van der Waals surface area contributed by atoms with E-state index in [4.69, 9.17) is 0 Å². The first-order valence-corrected chi connectivity index (χ1v) is 4.71. The molecule has 0 bridgehead atoms. The van der Waals surface area contributed by atoms with Crippen molar-refractivity contribution in [3.05, 3.63) is 71.2 Å². The lowest BCUT2D eigenvalue weighted by molar-refractivity contribution is 1.64. The smallest absolute Gasteiger partial charge is 0.0181 e. The van der Waals surface area contributed by atoms with Gasteiger partial charge >= 0.3 is 0 Å². The van der Waals surface area contributed by atoms with Crippen LogP contribution in [0.4, 0.5) is 0 Å². The third-order valence-electron chi connectivity index (χ3n) is 1.28. The van der Waals surface area contributed by atoms with Gasteiger partial charge in [-0.1, -0.05) is 58.4 Å². The number of hydrogen-bond donors (Lipinski definition) is 0. The van der Waals surface area contributed by atoms with E-state index in [1.807, 2.05) is 54.6 Å². The van der Waals surface area contributed by atoms with Crippen molar-refractivity contribution in [3.8, 4) is 0 Å². The SMILES string of the molecule is Brc1c[c]ccc1.[c]1ccccc1. The first-order chi connectivity index (χ1) is 6.39. The third-order valence-corrected chi connectivity index (χ3v) is 1.77. The summed E-state index contributed by atoms with van der Waals surface area (Å²) in [6.07, 6.45) is 0. The highest BCUT2D eigenvalue weighted by Crippen LogP contribution is 2.04. The molecule has 0 saturated carbocycles. The van der Waals surface area contributed by atoms with Crippen molar-refractivity contribution in [2.45, 2.75) is 0 Å². The van der Waals surface area contributed by atoms with Gasteiger partial charge in [-0.25, -0.2) is 0 Å². The van der Waals surface area contributed by atoms with Crippen LogP contribution in [0.15, 0.2) is 59.1 Å². The van der Waals surface area contributed by atoms with E-state index in [0.29, 0.717) is 0 Å². The fourth-order valence-corrected chi connectivity index (χ4v) is 0.998. The van der Waals surface area contributed by atoms with Gasteiger partial charge in [0.05, 0.1) is 0 Å². The maximum Gasteiger partial charge on any atom is 0.0181 e. The van der Waals surface area contributed by atoms with E-state index in [9.17, 15) is 0 Å². The van der Waals surface area contributed by atoms with Crippen molar-refractivity contribution >= 4 is 15.9 Å². The second kappa shape index (κ2) is 6.44. The molecular formula is C12H9Br. The van der Waals surface area contributed by atoms with Crippen molar-refractivity contribution in [1.29, 1.82) is 0 Å². The van der Waals surface area contributed by atoms with Crippen molar-refractivity contribution in [1.82, 2.24) is 0 Å². The molecule has 0 amide bonds. The monoisotopic (exact) mass is 232 g/mol. The molecule has 0 saturated heterocycles. The Morgan fingerprint density at radius 2 is 1.54 bits per heavy atom. The molecule has 2 radical (unpaired) electrons. The largest absolute Gasteiger partial charge is 0.0622 e. The molecule has 0 aliphatic rings. The van der Waals surface area contributed by atoms with Gasteiger partial charge in [0.25, 0.3) is 0 Å². The average Bonchev–Trinajstić information content (AvgIpc) is 2.22. The van der Waals surface area contributed by atoms with Crippen LogP contribution < -0.4 is 0 Å². The third kappa shape index (κ3) is 5.21. The van der Waals surface area contributed by atoms with E-state index in [0.717, 1.165) is 4.47 Å². The van der Waals surface area contributed by atoms with Gasteiger partial charge < -0.3 is 0 Å². The fourth-order valence-electron chi connectivity index (χ4n) is 0.713. The van der Waals surface area contributed by atoms with Crippen LogP contribution >= 0.6 is 15.9 Å². The minimum absolute atomic E-state index is 1.08. The van der Waals surface area contributed by atoms with Crippen LogP contribution in [0.2, 0.25) is 0 Å². The quantitative estimate of drug-likeness (QED) is 0.650. The second-order valence-electron chi connectivity index (χ2n) is 2.30. The Hall–Kier alpha value is -1.08. The summed E-state index contributed by atoms with van der Waals surface area (Å²) >= 11 is 3.28. The molecule has 13 heavy (non-hydrogen) atoms. The number of halogens is 1. The Morgan fingerprint density at radius 3 is 1.77 bits per heavy atom. The summed E-state index contributed by atoms with van der Waals surface area (Å²) in [5, 5.41) is 0. The number of hydrogen-bond acceptors (Lipinski definition) is 0. The van der Waals surface area contributed by atoms with Crippen LogP contribution in [0.25, 0.3) is 0 Å². The lowest BCUT2D eigenvalue weighted by Crippen LogP contribution is -1.56. The Balaban J connectivity index is 0.000000132. The normalized spacial score (nSPS) is 8.38. The molecular weight excluding hydrogens is 224 g/mol.